The van der Waals surface area contributed by atoms with Gasteiger partial charge in [0, 0.05) is 19.1 Å². The molecule has 1 N–H and O–H groups in total. The molecule has 0 bridgehead atoms. The number of hydrogen-bond donors (Lipinski definition) is 1. The molecular weight excluding hydrogens is 464 g/mol. The van der Waals surface area contributed by atoms with Crippen molar-refractivity contribution in [3.05, 3.63) is 72.8 Å². The van der Waals surface area contributed by atoms with Crippen molar-refractivity contribution in [3.63, 3.8) is 0 Å². The van der Waals surface area contributed by atoms with Crippen molar-refractivity contribution in [1.29, 1.82) is 0 Å². The van der Waals surface area contributed by atoms with Crippen molar-refractivity contribution in [2.45, 2.75) is 84.2 Å². The second kappa shape index (κ2) is 12.2. The Morgan fingerprint density at radius 2 is 1.29 bits per heavy atom. The molecule has 0 amide bonds. The molecule has 2 aromatic rings. The minimum absolute atomic E-state index is 0.0332. The summed E-state index contributed by atoms with van der Waals surface area (Å²) in [5.41, 5.74) is 0. The van der Waals surface area contributed by atoms with Crippen LogP contribution in [0.2, 0.25) is 23.2 Å². The highest BCUT2D eigenvalue weighted by Crippen LogP contribution is 2.37. The lowest BCUT2D eigenvalue weighted by molar-refractivity contribution is 0.114. The monoisotopic (exact) mass is 512 g/mol. The van der Waals surface area contributed by atoms with Crippen molar-refractivity contribution in [3.8, 4) is 0 Å². The summed E-state index contributed by atoms with van der Waals surface area (Å²) in [6.07, 6.45) is 4.21. The molecule has 0 saturated carbocycles. The van der Waals surface area contributed by atoms with Crippen molar-refractivity contribution in [2.75, 3.05) is 13.2 Å². The zero-order chi connectivity index (χ0) is 26.3. The molecule has 2 atom stereocenters. The van der Waals surface area contributed by atoms with Gasteiger partial charge < -0.3 is 14.0 Å². The molecule has 0 saturated heterocycles. The number of hydrogen-bond acceptors (Lipinski definition) is 3. The third-order valence-corrected chi connectivity index (χ3v) is 17.0. The molecule has 3 nitrogen and oxygen atoms in total. The summed E-state index contributed by atoms with van der Waals surface area (Å²) < 4.78 is 13.2. The lowest BCUT2D eigenvalue weighted by atomic mass is 10.1. The molecule has 0 unspecified atom stereocenters. The van der Waals surface area contributed by atoms with Gasteiger partial charge in [-0.05, 0) is 40.0 Å². The maximum absolute atomic E-state index is 10.7. The standard InChI is InChI=1S/C30H48O3Si2/c1-25(24-33-34(8,9)29(2,3)4)28(31)22-16-17-23-32-35(30(5,6)7,26-18-12-10-13-19-26)27-20-14-11-15-21-27/h10-16,18-22,25,28,31H,17,23-24H2,1-9H3/b22-16-/t25-,28+/m0/s1. The summed E-state index contributed by atoms with van der Waals surface area (Å²) in [4.78, 5) is 0. The highest BCUT2D eigenvalue weighted by atomic mass is 28.4. The molecule has 35 heavy (non-hydrogen) atoms. The Morgan fingerprint density at radius 3 is 1.71 bits per heavy atom. The van der Waals surface area contributed by atoms with Gasteiger partial charge in [0.1, 0.15) is 0 Å². The smallest absolute Gasteiger partial charge is 0.261 e. The van der Waals surface area contributed by atoms with Crippen LogP contribution >= 0.6 is 0 Å². The van der Waals surface area contributed by atoms with Crippen LogP contribution in [0.5, 0.6) is 0 Å². The van der Waals surface area contributed by atoms with Crippen LogP contribution in [0.1, 0.15) is 54.9 Å². The summed E-state index contributed by atoms with van der Waals surface area (Å²) in [6, 6.07) is 21.4. The van der Waals surface area contributed by atoms with Crippen LogP contribution in [0, 0.1) is 5.92 Å². The van der Waals surface area contributed by atoms with Crippen LogP contribution in [0.3, 0.4) is 0 Å². The van der Waals surface area contributed by atoms with Crippen LogP contribution in [0.4, 0.5) is 0 Å². The number of aliphatic hydroxyl groups is 1. The molecular formula is C30H48O3Si2. The van der Waals surface area contributed by atoms with Gasteiger partial charge in [0.15, 0.2) is 8.32 Å². The number of rotatable bonds is 11. The maximum atomic E-state index is 10.7. The van der Waals surface area contributed by atoms with E-state index in [9.17, 15) is 5.11 Å². The van der Waals surface area contributed by atoms with E-state index in [0.29, 0.717) is 13.2 Å². The maximum Gasteiger partial charge on any atom is 0.261 e. The van der Waals surface area contributed by atoms with E-state index in [-0.39, 0.29) is 16.0 Å². The van der Waals surface area contributed by atoms with Gasteiger partial charge in [-0.2, -0.15) is 0 Å². The van der Waals surface area contributed by atoms with Crippen molar-refractivity contribution < 1.29 is 14.0 Å². The second-order valence-corrected chi connectivity index (χ2v) is 21.4. The first-order valence-corrected chi connectivity index (χ1v) is 17.8. The Labute approximate surface area is 216 Å². The topological polar surface area (TPSA) is 38.7 Å². The van der Waals surface area contributed by atoms with Crippen LogP contribution in [-0.4, -0.2) is 41.1 Å². The van der Waals surface area contributed by atoms with E-state index in [1.54, 1.807) is 0 Å². The lowest BCUT2D eigenvalue weighted by Crippen LogP contribution is -2.66. The SMILES string of the molecule is C[C@@H](CO[Si](C)(C)C(C)(C)C)[C@H](O)/C=C\CCO[Si](c1ccccc1)(c1ccccc1)C(C)(C)C. The van der Waals surface area contributed by atoms with Crippen molar-refractivity contribution >= 4 is 27.0 Å². The third kappa shape index (κ3) is 7.49. The van der Waals surface area contributed by atoms with Gasteiger partial charge in [-0.15, -0.1) is 0 Å². The Kier molecular flexibility index (Phi) is 10.3. The van der Waals surface area contributed by atoms with E-state index >= 15 is 0 Å². The minimum Gasteiger partial charge on any atom is -0.416 e. The third-order valence-electron chi connectivity index (χ3n) is 7.45. The zero-order valence-corrected chi connectivity index (χ0v) is 25.5. The Morgan fingerprint density at radius 1 is 0.800 bits per heavy atom. The highest BCUT2D eigenvalue weighted by Gasteiger charge is 2.49. The summed E-state index contributed by atoms with van der Waals surface area (Å²) >= 11 is 0. The predicted molar refractivity (Wildman–Crippen MR) is 156 cm³/mol. The average Bonchev–Trinajstić information content (AvgIpc) is 2.79. The molecule has 0 aliphatic carbocycles. The first-order chi connectivity index (χ1) is 16.2. The number of aliphatic hydroxyl groups excluding tert-OH is 1. The Balaban J connectivity index is 2.08. The molecule has 2 rings (SSSR count). The van der Waals surface area contributed by atoms with Crippen LogP contribution < -0.4 is 10.4 Å². The summed E-state index contributed by atoms with van der Waals surface area (Å²) in [5.74, 6) is 0.0537. The van der Waals surface area contributed by atoms with Crippen molar-refractivity contribution in [1.82, 2.24) is 0 Å². The quantitative estimate of drug-likeness (QED) is 0.211. The lowest BCUT2D eigenvalue weighted by Gasteiger charge is -2.43. The first kappa shape index (κ1) is 29.7. The summed E-state index contributed by atoms with van der Waals surface area (Å²) in [7, 11) is -4.32. The normalized spacial score (nSPS) is 15.4. The van der Waals surface area contributed by atoms with E-state index in [1.165, 1.54) is 10.4 Å². The minimum atomic E-state index is -2.51. The van der Waals surface area contributed by atoms with Gasteiger partial charge in [-0.3, -0.25) is 0 Å². The van der Waals surface area contributed by atoms with Gasteiger partial charge in [0.05, 0.1) is 6.10 Å². The molecule has 0 aromatic heterocycles. The molecule has 0 heterocycles. The van der Waals surface area contributed by atoms with Crippen LogP contribution in [0.25, 0.3) is 0 Å². The Bertz CT molecular complexity index is 873. The molecule has 0 spiro atoms. The summed E-state index contributed by atoms with van der Waals surface area (Å²) in [5, 5.41) is 13.4. The fourth-order valence-corrected chi connectivity index (χ4v) is 9.81. The molecule has 0 fully saturated rings. The molecule has 2 aromatic carbocycles. The molecule has 0 radical (unpaired) electrons. The number of benzene rings is 2. The van der Waals surface area contributed by atoms with E-state index in [4.69, 9.17) is 8.85 Å². The molecule has 0 aliphatic rings. The van der Waals surface area contributed by atoms with Gasteiger partial charge in [-0.25, -0.2) is 0 Å². The fraction of sp³-hybridized carbons (Fsp3) is 0.533. The van der Waals surface area contributed by atoms with Gasteiger partial charge in [0.2, 0.25) is 0 Å². The van der Waals surface area contributed by atoms with E-state index < -0.39 is 22.7 Å². The van der Waals surface area contributed by atoms with Crippen LogP contribution in [-0.2, 0) is 8.85 Å². The van der Waals surface area contributed by atoms with E-state index in [2.05, 4.69) is 128 Å². The van der Waals surface area contributed by atoms with Gasteiger partial charge in [-0.1, -0.05) is 121 Å². The second-order valence-electron chi connectivity index (χ2n) is 12.3. The van der Waals surface area contributed by atoms with Crippen LogP contribution in [0.15, 0.2) is 72.8 Å². The average molecular weight is 513 g/mol. The zero-order valence-electron chi connectivity index (χ0n) is 23.5. The fourth-order valence-electron chi connectivity index (χ4n) is 4.12. The molecule has 5 heteroatoms. The molecule has 0 aliphatic heterocycles. The largest absolute Gasteiger partial charge is 0.416 e. The van der Waals surface area contributed by atoms with Gasteiger partial charge >= 0.3 is 0 Å². The Hall–Kier alpha value is -1.51. The highest BCUT2D eigenvalue weighted by molar-refractivity contribution is 6.99. The van der Waals surface area contributed by atoms with E-state index in [0.717, 1.165) is 6.42 Å². The van der Waals surface area contributed by atoms with Crippen molar-refractivity contribution in [2.24, 2.45) is 5.92 Å². The van der Waals surface area contributed by atoms with E-state index in [1.807, 2.05) is 6.08 Å². The predicted octanol–water partition coefficient (Wildman–Crippen LogP) is 6.53. The summed E-state index contributed by atoms with van der Waals surface area (Å²) in [6.45, 7) is 21.4. The first-order valence-electron chi connectivity index (χ1n) is 13.0. The van der Waals surface area contributed by atoms with Gasteiger partial charge in [0.25, 0.3) is 8.32 Å². The molecule has 194 valence electrons.